The molecular formula is C17H24. The average Bonchev–Trinajstić information content (AvgIpc) is 2.45. The third-order valence-electron chi connectivity index (χ3n) is 3.40. The van der Waals surface area contributed by atoms with Gasteiger partial charge < -0.3 is 0 Å². The summed E-state index contributed by atoms with van der Waals surface area (Å²) in [6.07, 6.45) is 16.2. The van der Waals surface area contributed by atoms with Gasteiger partial charge in [-0.05, 0) is 38.0 Å². The first-order valence-corrected chi connectivity index (χ1v) is 6.44. The lowest BCUT2D eigenvalue weighted by Crippen LogP contribution is -2.09. The minimum Gasteiger partial charge on any atom is -0.0991 e. The SMILES string of the molecule is C=CC=C(C)CC1CC=CCC(C)C1=CC=C. The zero-order chi connectivity index (χ0) is 12.7. The van der Waals surface area contributed by atoms with Gasteiger partial charge in [-0.1, -0.05) is 67.7 Å². The van der Waals surface area contributed by atoms with Crippen LogP contribution in [0.4, 0.5) is 0 Å². The molecule has 0 N–H and O–H groups in total. The molecule has 0 amide bonds. The van der Waals surface area contributed by atoms with Crippen molar-refractivity contribution in [3.63, 3.8) is 0 Å². The van der Waals surface area contributed by atoms with Gasteiger partial charge in [-0.2, -0.15) is 0 Å². The van der Waals surface area contributed by atoms with Crippen molar-refractivity contribution in [1.82, 2.24) is 0 Å². The van der Waals surface area contributed by atoms with Gasteiger partial charge in [0, 0.05) is 0 Å². The Morgan fingerprint density at radius 2 is 2.00 bits per heavy atom. The van der Waals surface area contributed by atoms with E-state index in [1.165, 1.54) is 5.57 Å². The zero-order valence-electron chi connectivity index (χ0n) is 11.2. The highest BCUT2D eigenvalue weighted by Gasteiger charge is 2.20. The molecule has 0 saturated heterocycles. The fourth-order valence-electron chi connectivity index (χ4n) is 2.53. The summed E-state index contributed by atoms with van der Waals surface area (Å²) < 4.78 is 0. The quantitative estimate of drug-likeness (QED) is 0.457. The second-order valence-corrected chi connectivity index (χ2v) is 4.90. The Kier molecular flexibility index (Phi) is 5.76. The van der Waals surface area contributed by atoms with Crippen molar-refractivity contribution >= 4 is 0 Å². The van der Waals surface area contributed by atoms with E-state index in [0.717, 1.165) is 19.3 Å². The number of hydrogen-bond donors (Lipinski definition) is 0. The molecule has 0 nitrogen and oxygen atoms in total. The largest absolute Gasteiger partial charge is 0.0991 e. The van der Waals surface area contributed by atoms with E-state index in [0.29, 0.717) is 11.8 Å². The lowest BCUT2D eigenvalue weighted by molar-refractivity contribution is 0.537. The normalized spacial score (nSPS) is 27.9. The van der Waals surface area contributed by atoms with E-state index in [4.69, 9.17) is 0 Å². The summed E-state index contributed by atoms with van der Waals surface area (Å²) >= 11 is 0. The number of rotatable bonds is 4. The van der Waals surface area contributed by atoms with Crippen LogP contribution in [-0.2, 0) is 0 Å². The summed E-state index contributed by atoms with van der Waals surface area (Å²) in [5.41, 5.74) is 2.95. The van der Waals surface area contributed by atoms with E-state index < -0.39 is 0 Å². The summed E-state index contributed by atoms with van der Waals surface area (Å²) in [7, 11) is 0. The minimum atomic E-state index is 0.623. The van der Waals surface area contributed by atoms with E-state index in [-0.39, 0.29) is 0 Å². The fraction of sp³-hybridized carbons (Fsp3) is 0.412. The first-order chi connectivity index (χ1) is 8.19. The highest BCUT2D eigenvalue weighted by atomic mass is 14.2. The maximum Gasteiger partial charge on any atom is -0.0126 e. The van der Waals surface area contributed by atoms with Crippen LogP contribution in [0.25, 0.3) is 0 Å². The zero-order valence-corrected chi connectivity index (χ0v) is 11.2. The minimum absolute atomic E-state index is 0.623. The highest BCUT2D eigenvalue weighted by molar-refractivity contribution is 5.23. The Balaban J connectivity index is 2.87. The van der Waals surface area contributed by atoms with Crippen molar-refractivity contribution in [3.05, 3.63) is 60.8 Å². The lowest BCUT2D eigenvalue weighted by Gasteiger charge is -2.22. The maximum absolute atomic E-state index is 3.84. The van der Waals surface area contributed by atoms with E-state index in [1.807, 2.05) is 12.2 Å². The van der Waals surface area contributed by atoms with Crippen molar-refractivity contribution in [2.24, 2.45) is 11.8 Å². The monoisotopic (exact) mass is 228 g/mol. The Bertz CT molecular complexity index is 352. The molecule has 0 bridgehead atoms. The molecule has 0 fully saturated rings. The van der Waals surface area contributed by atoms with Crippen LogP contribution in [0.5, 0.6) is 0 Å². The topological polar surface area (TPSA) is 0 Å². The van der Waals surface area contributed by atoms with Gasteiger partial charge in [-0.25, -0.2) is 0 Å². The van der Waals surface area contributed by atoms with E-state index in [2.05, 4.69) is 51.3 Å². The molecular weight excluding hydrogens is 204 g/mol. The maximum atomic E-state index is 3.84. The summed E-state index contributed by atoms with van der Waals surface area (Å²) in [5, 5.41) is 0. The molecule has 17 heavy (non-hydrogen) atoms. The second kappa shape index (κ2) is 7.11. The van der Waals surface area contributed by atoms with Gasteiger partial charge in [0.15, 0.2) is 0 Å². The smallest absolute Gasteiger partial charge is 0.0126 e. The van der Waals surface area contributed by atoms with Crippen LogP contribution in [-0.4, -0.2) is 0 Å². The third-order valence-corrected chi connectivity index (χ3v) is 3.40. The van der Waals surface area contributed by atoms with Crippen LogP contribution in [0.2, 0.25) is 0 Å². The summed E-state index contributed by atoms with van der Waals surface area (Å²) in [4.78, 5) is 0. The molecule has 0 radical (unpaired) electrons. The van der Waals surface area contributed by atoms with Crippen molar-refractivity contribution in [2.75, 3.05) is 0 Å². The Labute approximate surface area is 106 Å². The molecule has 0 aromatic rings. The van der Waals surface area contributed by atoms with Gasteiger partial charge in [0.1, 0.15) is 0 Å². The first kappa shape index (κ1) is 13.8. The second-order valence-electron chi connectivity index (χ2n) is 4.90. The van der Waals surface area contributed by atoms with Gasteiger partial charge in [0.2, 0.25) is 0 Å². The molecule has 0 saturated carbocycles. The Morgan fingerprint density at radius 3 is 2.65 bits per heavy atom. The molecule has 0 aromatic heterocycles. The van der Waals surface area contributed by atoms with Gasteiger partial charge in [-0.3, -0.25) is 0 Å². The molecule has 1 aliphatic rings. The molecule has 1 rings (SSSR count). The van der Waals surface area contributed by atoms with Crippen molar-refractivity contribution in [2.45, 2.75) is 33.1 Å². The average molecular weight is 228 g/mol. The molecule has 2 unspecified atom stereocenters. The lowest BCUT2D eigenvalue weighted by atomic mass is 9.83. The van der Waals surface area contributed by atoms with Crippen LogP contribution in [0, 0.1) is 11.8 Å². The van der Waals surface area contributed by atoms with Crippen molar-refractivity contribution in [3.8, 4) is 0 Å². The van der Waals surface area contributed by atoms with Crippen LogP contribution < -0.4 is 0 Å². The Morgan fingerprint density at radius 1 is 1.29 bits per heavy atom. The molecule has 0 heterocycles. The van der Waals surface area contributed by atoms with E-state index in [9.17, 15) is 0 Å². The van der Waals surface area contributed by atoms with E-state index in [1.54, 1.807) is 5.57 Å². The predicted molar refractivity (Wildman–Crippen MR) is 77.9 cm³/mol. The molecule has 0 spiro atoms. The van der Waals surface area contributed by atoms with Gasteiger partial charge in [0.05, 0.1) is 0 Å². The molecule has 2 atom stereocenters. The highest BCUT2D eigenvalue weighted by Crippen LogP contribution is 2.33. The number of allylic oxidation sites excluding steroid dienone is 8. The molecule has 1 aliphatic carbocycles. The molecule has 92 valence electrons. The molecule has 0 aliphatic heterocycles. The summed E-state index contributed by atoms with van der Waals surface area (Å²) in [6.45, 7) is 12.1. The first-order valence-electron chi connectivity index (χ1n) is 6.44. The van der Waals surface area contributed by atoms with Gasteiger partial charge in [-0.15, -0.1) is 0 Å². The van der Waals surface area contributed by atoms with Gasteiger partial charge >= 0.3 is 0 Å². The van der Waals surface area contributed by atoms with Crippen LogP contribution in [0.1, 0.15) is 33.1 Å². The standard InChI is InChI=1S/C17H24/c1-5-9-14(3)13-16-12-8-7-11-15(4)17(16)10-6-2/h5-10,15-16H,1-2,11-13H2,3-4H3. The molecule has 0 heteroatoms. The Hall–Kier alpha value is -1.30. The summed E-state index contributed by atoms with van der Waals surface area (Å²) in [5.74, 6) is 1.26. The fourth-order valence-corrected chi connectivity index (χ4v) is 2.53. The molecule has 0 aromatic carbocycles. The van der Waals surface area contributed by atoms with Crippen molar-refractivity contribution in [1.29, 1.82) is 0 Å². The van der Waals surface area contributed by atoms with E-state index >= 15 is 0 Å². The van der Waals surface area contributed by atoms with Gasteiger partial charge in [0.25, 0.3) is 0 Å². The number of hydrogen-bond acceptors (Lipinski definition) is 0. The van der Waals surface area contributed by atoms with Crippen LogP contribution >= 0.6 is 0 Å². The summed E-state index contributed by atoms with van der Waals surface area (Å²) in [6, 6.07) is 0. The van der Waals surface area contributed by atoms with Crippen LogP contribution in [0.3, 0.4) is 0 Å². The van der Waals surface area contributed by atoms with Crippen molar-refractivity contribution < 1.29 is 0 Å². The van der Waals surface area contributed by atoms with Crippen LogP contribution in [0.15, 0.2) is 60.8 Å². The third kappa shape index (κ3) is 4.22. The predicted octanol–water partition coefficient (Wildman–Crippen LogP) is 5.22.